The molecule has 1 aliphatic heterocycles. The van der Waals surface area contributed by atoms with Crippen LogP contribution in [0.5, 0.6) is 0 Å². The third kappa shape index (κ3) is 9.97. The van der Waals surface area contributed by atoms with Crippen molar-refractivity contribution in [1.82, 2.24) is 9.80 Å². The predicted octanol–water partition coefficient (Wildman–Crippen LogP) is 6.54. The second-order valence-electron chi connectivity index (χ2n) is 9.06. The molecule has 2 unspecified atom stereocenters. The highest BCUT2D eigenvalue weighted by atomic mass is 16.7. The molecular weight excluding hydrogens is 372 g/mol. The molecule has 0 amide bonds. The van der Waals surface area contributed by atoms with Crippen LogP contribution in [-0.2, 0) is 9.47 Å². The minimum atomic E-state index is -0.0218. The molecular formula is C26H54N2O2. The Morgan fingerprint density at radius 3 is 1.83 bits per heavy atom. The zero-order chi connectivity index (χ0) is 22.2. The van der Waals surface area contributed by atoms with Crippen molar-refractivity contribution >= 4 is 0 Å². The van der Waals surface area contributed by atoms with Gasteiger partial charge in [-0.25, -0.2) is 0 Å². The summed E-state index contributed by atoms with van der Waals surface area (Å²) in [4.78, 5) is 5.42. The van der Waals surface area contributed by atoms with Crippen LogP contribution >= 0.6 is 0 Å². The molecule has 0 aromatic heterocycles. The molecule has 0 aliphatic carbocycles. The molecule has 0 bridgehead atoms. The van der Waals surface area contributed by atoms with Crippen molar-refractivity contribution in [2.24, 2.45) is 11.8 Å². The van der Waals surface area contributed by atoms with Crippen LogP contribution in [0.4, 0.5) is 0 Å². The van der Waals surface area contributed by atoms with Crippen molar-refractivity contribution in [2.75, 3.05) is 39.4 Å². The van der Waals surface area contributed by atoms with E-state index in [1.165, 1.54) is 84.0 Å². The van der Waals surface area contributed by atoms with Crippen LogP contribution in [0.2, 0.25) is 0 Å². The summed E-state index contributed by atoms with van der Waals surface area (Å²) in [6.07, 6.45) is 13.8. The van der Waals surface area contributed by atoms with Crippen LogP contribution in [0.1, 0.15) is 106 Å². The fraction of sp³-hybridized carbons (Fsp3) is 1.00. The Hall–Kier alpha value is -0.160. The van der Waals surface area contributed by atoms with E-state index in [4.69, 9.17) is 9.47 Å². The third-order valence-electron chi connectivity index (χ3n) is 7.07. The van der Waals surface area contributed by atoms with Gasteiger partial charge in [-0.05, 0) is 51.6 Å². The monoisotopic (exact) mass is 426 g/mol. The fourth-order valence-corrected chi connectivity index (χ4v) is 5.30. The smallest absolute Gasteiger partial charge is 0.157 e. The summed E-state index contributed by atoms with van der Waals surface area (Å²) in [6, 6.07) is 0. The Balaban J connectivity index is 2.69. The number of hydrogen-bond donors (Lipinski definition) is 0. The molecule has 0 aromatic carbocycles. The molecule has 30 heavy (non-hydrogen) atoms. The summed E-state index contributed by atoms with van der Waals surface area (Å²) in [6.45, 7) is 19.8. The first-order valence-corrected chi connectivity index (χ1v) is 13.4. The third-order valence-corrected chi connectivity index (χ3v) is 7.07. The van der Waals surface area contributed by atoms with Crippen LogP contribution < -0.4 is 0 Å². The molecule has 1 aliphatic rings. The standard InChI is InChI=1S/C26H54N2O2/c1-7-13-14-15-16-17-23(22-25(29-11-5)30-12-6)18-19-24(8-2)26-27(9-3)20-21-28(26)10-4/h23-26H,7-22H2,1-6H3. The fourth-order valence-electron chi connectivity index (χ4n) is 5.30. The van der Waals surface area contributed by atoms with Crippen molar-refractivity contribution in [3.63, 3.8) is 0 Å². The van der Waals surface area contributed by atoms with Gasteiger partial charge in [-0.3, -0.25) is 9.80 Å². The van der Waals surface area contributed by atoms with E-state index in [9.17, 15) is 0 Å². The Labute approximate surface area is 189 Å². The zero-order valence-electron chi connectivity index (χ0n) is 21.3. The van der Waals surface area contributed by atoms with Crippen LogP contribution in [0, 0.1) is 11.8 Å². The van der Waals surface area contributed by atoms with Gasteiger partial charge in [0.05, 0.1) is 6.17 Å². The molecule has 0 N–H and O–H groups in total. The largest absolute Gasteiger partial charge is 0.353 e. The first-order valence-electron chi connectivity index (χ1n) is 13.4. The molecule has 4 heteroatoms. The number of rotatable bonds is 19. The molecule has 180 valence electrons. The van der Waals surface area contributed by atoms with E-state index in [2.05, 4.69) is 51.3 Å². The van der Waals surface area contributed by atoms with Gasteiger partial charge in [-0.1, -0.05) is 72.6 Å². The number of unbranched alkanes of at least 4 members (excludes halogenated alkanes) is 4. The molecule has 2 atom stereocenters. The highest BCUT2D eigenvalue weighted by molar-refractivity contribution is 4.86. The van der Waals surface area contributed by atoms with Crippen LogP contribution in [-0.4, -0.2) is 61.6 Å². The van der Waals surface area contributed by atoms with Crippen molar-refractivity contribution in [3.8, 4) is 0 Å². The van der Waals surface area contributed by atoms with Crippen LogP contribution in [0.15, 0.2) is 0 Å². The molecule has 0 saturated carbocycles. The molecule has 1 heterocycles. The summed E-state index contributed by atoms with van der Waals surface area (Å²) >= 11 is 0. The molecule has 4 nitrogen and oxygen atoms in total. The van der Waals surface area contributed by atoms with Gasteiger partial charge in [-0.15, -0.1) is 0 Å². The number of ether oxygens (including phenoxy) is 2. The van der Waals surface area contributed by atoms with Gasteiger partial charge in [0.15, 0.2) is 6.29 Å². The SMILES string of the molecule is CCCCCCCC(CCC(CC)C1N(CC)CCN1CC)CC(OCC)OCC. The second kappa shape index (κ2) is 17.4. The van der Waals surface area contributed by atoms with Gasteiger partial charge in [0.2, 0.25) is 0 Å². The maximum atomic E-state index is 5.92. The van der Waals surface area contributed by atoms with Gasteiger partial charge in [-0.2, -0.15) is 0 Å². The highest BCUT2D eigenvalue weighted by Crippen LogP contribution is 2.31. The quantitative estimate of drug-likeness (QED) is 0.173. The molecule has 1 rings (SSSR count). The Kier molecular flexibility index (Phi) is 16.2. The zero-order valence-corrected chi connectivity index (χ0v) is 21.3. The molecule has 0 radical (unpaired) electrons. The number of hydrogen-bond acceptors (Lipinski definition) is 4. The average Bonchev–Trinajstić information content (AvgIpc) is 3.17. The van der Waals surface area contributed by atoms with Crippen LogP contribution in [0.25, 0.3) is 0 Å². The molecule has 1 saturated heterocycles. The lowest BCUT2D eigenvalue weighted by molar-refractivity contribution is -0.147. The topological polar surface area (TPSA) is 24.9 Å². The van der Waals surface area contributed by atoms with Gasteiger partial charge in [0.25, 0.3) is 0 Å². The van der Waals surface area contributed by atoms with E-state index in [0.29, 0.717) is 6.17 Å². The first kappa shape index (κ1) is 27.9. The highest BCUT2D eigenvalue weighted by Gasteiger charge is 2.35. The Morgan fingerprint density at radius 1 is 0.733 bits per heavy atom. The maximum Gasteiger partial charge on any atom is 0.157 e. The van der Waals surface area contributed by atoms with Gasteiger partial charge >= 0.3 is 0 Å². The van der Waals surface area contributed by atoms with Gasteiger partial charge in [0.1, 0.15) is 0 Å². The normalized spacial score (nSPS) is 18.5. The summed E-state index contributed by atoms with van der Waals surface area (Å²) in [7, 11) is 0. The van der Waals surface area contributed by atoms with E-state index in [0.717, 1.165) is 31.5 Å². The number of nitrogens with zero attached hydrogens (tertiary/aromatic N) is 2. The molecule has 0 spiro atoms. The van der Waals surface area contributed by atoms with Crippen molar-refractivity contribution in [2.45, 2.75) is 118 Å². The summed E-state index contributed by atoms with van der Waals surface area (Å²) in [5, 5.41) is 0. The second-order valence-corrected chi connectivity index (χ2v) is 9.06. The van der Waals surface area contributed by atoms with E-state index in [-0.39, 0.29) is 6.29 Å². The van der Waals surface area contributed by atoms with Crippen molar-refractivity contribution in [1.29, 1.82) is 0 Å². The lowest BCUT2D eigenvalue weighted by atomic mass is 9.86. The maximum absolute atomic E-state index is 5.92. The van der Waals surface area contributed by atoms with Gasteiger partial charge < -0.3 is 9.47 Å². The van der Waals surface area contributed by atoms with E-state index < -0.39 is 0 Å². The lowest BCUT2D eigenvalue weighted by Gasteiger charge is -2.36. The predicted molar refractivity (Wildman–Crippen MR) is 130 cm³/mol. The van der Waals surface area contributed by atoms with Crippen LogP contribution in [0.3, 0.4) is 0 Å². The minimum Gasteiger partial charge on any atom is -0.353 e. The average molecular weight is 427 g/mol. The number of likely N-dealkylation sites (N-methyl/N-ethyl adjacent to an activating group) is 2. The lowest BCUT2D eigenvalue weighted by Crippen LogP contribution is -2.44. The van der Waals surface area contributed by atoms with Gasteiger partial charge in [0, 0.05) is 32.7 Å². The summed E-state index contributed by atoms with van der Waals surface area (Å²) in [5.74, 6) is 1.49. The summed E-state index contributed by atoms with van der Waals surface area (Å²) in [5.41, 5.74) is 0. The van der Waals surface area contributed by atoms with E-state index in [1.807, 2.05) is 0 Å². The van der Waals surface area contributed by atoms with Crippen molar-refractivity contribution < 1.29 is 9.47 Å². The summed E-state index contributed by atoms with van der Waals surface area (Å²) < 4.78 is 11.8. The first-order chi connectivity index (χ1) is 14.6. The minimum absolute atomic E-state index is 0.0218. The Bertz CT molecular complexity index is 375. The van der Waals surface area contributed by atoms with E-state index in [1.54, 1.807) is 0 Å². The molecule has 0 aromatic rings. The Morgan fingerprint density at radius 2 is 1.33 bits per heavy atom. The molecule has 1 fully saturated rings. The van der Waals surface area contributed by atoms with E-state index >= 15 is 0 Å². The van der Waals surface area contributed by atoms with Crippen molar-refractivity contribution in [3.05, 3.63) is 0 Å².